The molecule has 0 aliphatic carbocycles. The van der Waals surface area contributed by atoms with Crippen molar-refractivity contribution >= 4 is 12.0 Å². The van der Waals surface area contributed by atoms with Gasteiger partial charge >= 0.3 is 0 Å². The highest BCUT2D eigenvalue weighted by atomic mass is 16.1. The van der Waals surface area contributed by atoms with Crippen LogP contribution in [0, 0.1) is 0 Å². The number of nitrogens with one attached hydrogen (secondary N) is 2. The van der Waals surface area contributed by atoms with Crippen LogP contribution in [0.15, 0.2) is 18.5 Å². The minimum atomic E-state index is -0.0214. The summed E-state index contributed by atoms with van der Waals surface area (Å²) in [4.78, 5) is 10.4. The Morgan fingerprint density at radius 3 is 3.25 bits per heavy atom. The van der Waals surface area contributed by atoms with Gasteiger partial charge in [0.2, 0.25) is 5.91 Å². The van der Waals surface area contributed by atoms with Crippen molar-refractivity contribution in [2.75, 3.05) is 6.54 Å². The molecule has 1 aromatic heterocycles. The second kappa shape index (κ2) is 4.33. The van der Waals surface area contributed by atoms with Gasteiger partial charge in [0.25, 0.3) is 0 Å². The quantitative estimate of drug-likeness (QED) is 0.687. The molecule has 0 unspecified atom stereocenters. The molecular weight excluding hydrogens is 154 g/mol. The van der Waals surface area contributed by atoms with E-state index in [0.717, 1.165) is 5.56 Å². The van der Waals surface area contributed by atoms with Gasteiger partial charge in [-0.3, -0.25) is 9.89 Å². The minimum absolute atomic E-state index is 0.0214. The van der Waals surface area contributed by atoms with Gasteiger partial charge in [0.15, 0.2) is 0 Å². The lowest BCUT2D eigenvalue weighted by atomic mass is 10.3. The van der Waals surface area contributed by atoms with E-state index in [1.165, 1.54) is 6.92 Å². The van der Waals surface area contributed by atoms with Crippen LogP contribution in [-0.4, -0.2) is 22.6 Å². The summed E-state index contributed by atoms with van der Waals surface area (Å²) in [7, 11) is 0. The first-order chi connectivity index (χ1) is 5.79. The van der Waals surface area contributed by atoms with E-state index in [1.807, 2.05) is 12.2 Å². The molecule has 4 heteroatoms. The molecule has 12 heavy (non-hydrogen) atoms. The van der Waals surface area contributed by atoms with Crippen LogP contribution in [-0.2, 0) is 4.79 Å². The predicted octanol–water partition coefficient (Wildman–Crippen LogP) is 0.559. The maximum absolute atomic E-state index is 10.4. The maximum atomic E-state index is 10.4. The zero-order chi connectivity index (χ0) is 8.81. The average Bonchev–Trinajstić information content (AvgIpc) is 2.49. The zero-order valence-electron chi connectivity index (χ0n) is 6.87. The Bertz CT molecular complexity index is 264. The molecule has 0 saturated heterocycles. The predicted molar refractivity (Wildman–Crippen MR) is 46.3 cm³/mol. The molecule has 0 fully saturated rings. The molecule has 1 heterocycles. The molecule has 0 aliphatic rings. The smallest absolute Gasteiger partial charge is 0.217 e. The van der Waals surface area contributed by atoms with Gasteiger partial charge in [-0.2, -0.15) is 5.10 Å². The fourth-order valence-electron chi connectivity index (χ4n) is 0.750. The molecule has 1 amide bonds. The van der Waals surface area contributed by atoms with Crippen molar-refractivity contribution in [1.29, 1.82) is 0 Å². The first-order valence-electron chi connectivity index (χ1n) is 3.69. The summed E-state index contributed by atoms with van der Waals surface area (Å²) in [5.74, 6) is -0.0214. The van der Waals surface area contributed by atoms with Crippen LogP contribution >= 0.6 is 0 Å². The van der Waals surface area contributed by atoms with E-state index >= 15 is 0 Å². The van der Waals surface area contributed by atoms with Gasteiger partial charge in [-0.15, -0.1) is 0 Å². The van der Waals surface area contributed by atoms with E-state index in [4.69, 9.17) is 0 Å². The van der Waals surface area contributed by atoms with Gasteiger partial charge in [-0.1, -0.05) is 12.2 Å². The lowest BCUT2D eigenvalue weighted by Gasteiger charge is -1.92. The van der Waals surface area contributed by atoms with Crippen molar-refractivity contribution in [2.45, 2.75) is 6.92 Å². The second-order valence-corrected chi connectivity index (χ2v) is 2.37. The zero-order valence-corrected chi connectivity index (χ0v) is 6.87. The highest BCUT2D eigenvalue weighted by Crippen LogP contribution is 1.95. The summed E-state index contributed by atoms with van der Waals surface area (Å²) in [6, 6.07) is 0. The fraction of sp³-hybridized carbons (Fsp3) is 0.250. The normalized spacial score (nSPS) is 10.4. The average molecular weight is 165 g/mol. The van der Waals surface area contributed by atoms with Gasteiger partial charge in [-0.05, 0) is 0 Å². The third-order valence-corrected chi connectivity index (χ3v) is 1.30. The van der Waals surface area contributed by atoms with E-state index in [0.29, 0.717) is 6.54 Å². The summed E-state index contributed by atoms with van der Waals surface area (Å²) >= 11 is 0. The third kappa shape index (κ3) is 3.01. The molecule has 0 saturated carbocycles. The number of nitrogens with zero attached hydrogens (tertiary/aromatic N) is 1. The maximum Gasteiger partial charge on any atom is 0.217 e. The first kappa shape index (κ1) is 8.52. The first-order valence-corrected chi connectivity index (χ1v) is 3.69. The number of carbonyl (C=O) groups excluding carboxylic acids is 1. The van der Waals surface area contributed by atoms with Crippen LogP contribution in [0.4, 0.5) is 0 Å². The number of H-pyrrole nitrogens is 1. The summed E-state index contributed by atoms with van der Waals surface area (Å²) in [6.07, 6.45) is 7.25. The molecule has 4 nitrogen and oxygen atoms in total. The SMILES string of the molecule is CC(=O)NCC=Cc1cn[nH]c1. The Labute approximate surface area is 70.7 Å². The molecule has 0 aliphatic heterocycles. The van der Waals surface area contributed by atoms with Gasteiger partial charge in [0, 0.05) is 25.2 Å². The fourth-order valence-corrected chi connectivity index (χ4v) is 0.750. The number of amides is 1. The molecule has 0 atom stereocenters. The molecule has 1 aromatic rings. The van der Waals surface area contributed by atoms with Gasteiger partial charge in [0.1, 0.15) is 0 Å². The van der Waals surface area contributed by atoms with Crippen LogP contribution in [0.5, 0.6) is 0 Å². The molecule has 0 spiro atoms. The Morgan fingerprint density at radius 1 is 1.83 bits per heavy atom. The Kier molecular flexibility index (Phi) is 3.07. The standard InChI is InChI=1S/C8H11N3O/c1-7(12)9-4-2-3-8-5-10-11-6-8/h2-3,5-6H,4H2,1H3,(H,9,12)(H,10,11). The Hall–Kier alpha value is -1.58. The second-order valence-electron chi connectivity index (χ2n) is 2.37. The van der Waals surface area contributed by atoms with Gasteiger partial charge < -0.3 is 5.32 Å². The highest BCUT2D eigenvalue weighted by Gasteiger charge is 1.86. The molecule has 0 bridgehead atoms. The van der Waals surface area contributed by atoms with E-state index in [9.17, 15) is 4.79 Å². The lowest BCUT2D eigenvalue weighted by Crippen LogP contribution is -2.19. The summed E-state index contributed by atoms with van der Waals surface area (Å²) in [5, 5.41) is 9.11. The van der Waals surface area contributed by atoms with Crippen LogP contribution in [0.3, 0.4) is 0 Å². The molecule has 2 N–H and O–H groups in total. The van der Waals surface area contributed by atoms with E-state index in [2.05, 4.69) is 15.5 Å². The largest absolute Gasteiger partial charge is 0.353 e. The summed E-state index contributed by atoms with van der Waals surface area (Å²) < 4.78 is 0. The summed E-state index contributed by atoms with van der Waals surface area (Å²) in [5.41, 5.74) is 1.00. The number of rotatable bonds is 3. The van der Waals surface area contributed by atoms with Crippen LogP contribution in [0.1, 0.15) is 12.5 Å². The molecule has 0 radical (unpaired) electrons. The van der Waals surface area contributed by atoms with Crippen molar-refractivity contribution < 1.29 is 4.79 Å². The van der Waals surface area contributed by atoms with Crippen LogP contribution in [0.2, 0.25) is 0 Å². The number of carbonyl (C=O) groups is 1. The topological polar surface area (TPSA) is 57.8 Å². The van der Waals surface area contributed by atoms with Crippen molar-refractivity contribution in [2.24, 2.45) is 0 Å². The number of hydrogen-bond acceptors (Lipinski definition) is 2. The Morgan fingerprint density at radius 2 is 2.67 bits per heavy atom. The van der Waals surface area contributed by atoms with E-state index in [1.54, 1.807) is 12.4 Å². The molecule has 0 aromatic carbocycles. The monoisotopic (exact) mass is 165 g/mol. The van der Waals surface area contributed by atoms with Crippen LogP contribution < -0.4 is 5.32 Å². The van der Waals surface area contributed by atoms with E-state index in [-0.39, 0.29) is 5.91 Å². The van der Waals surface area contributed by atoms with Crippen LogP contribution in [0.25, 0.3) is 6.08 Å². The van der Waals surface area contributed by atoms with Crippen molar-refractivity contribution in [3.05, 3.63) is 24.0 Å². The van der Waals surface area contributed by atoms with Gasteiger partial charge in [0.05, 0.1) is 6.20 Å². The Balaban J connectivity index is 2.27. The lowest BCUT2D eigenvalue weighted by molar-refractivity contribution is -0.118. The highest BCUT2D eigenvalue weighted by molar-refractivity contribution is 5.73. The molecular formula is C8H11N3O. The minimum Gasteiger partial charge on any atom is -0.353 e. The van der Waals surface area contributed by atoms with Crippen molar-refractivity contribution in [3.8, 4) is 0 Å². The third-order valence-electron chi connectivity index (χ3n) is 1.30. The van der Waals surface area contributed by atoms with Crippen molar-refractivity contribution in [3.63, 3.8) is 0 Å². The van der Waals surface area contributed by atoms with E-state index < -0.39 is 0 Å². The summed E-state index contributed by atoms with van der Waals surface area (Å²) in [6.45, 7) is 2.05. The number of aromatic nitrogens is 2. The van der Waals surface area contributed by atoms with Crippen molar-refractivity contribution in [1.82, 2.24) is 15.5 Å². The molecule has 64 valence electrons. The number of hydrogen-bond donors (Lipinski definition) is 2. The van der Waals surface area contributed by atoms with Gasteiger partial charge in [-0.25, -0.2) is 0 Å². The number of aromatic amines is 1. The molecule has 1 rings (SSSR count).